The number of allylic oxidation sites excluding steroid dienone is 1. The number of rotatable bonds is 7. The number of carbonyl (C=O) groups is 1. The van der Waals surface area contributed by atoms with Gasteiger partial charge in [0, 0.05) is 22.0 Å². The van der Waals surface area contributed by atoms with E-state index in [4.69, 9.17) is 30.2 Å². The molecule has 6 nitrogen and oxygen atoms in total. The van der Waals surface area contributed by atoms with Gasteiger partial charge < -0.3 is 18.6 Å². The molecule has 0 spiro atoms. The molecule has 0 bridgehead atoms. The van der Waals surface area contributed by atoms with E-state index in [1.165, 1.54) is 13.2 Å². The summed E-state index contributed by atoms with van der Waals surface area (Å²) in [5, 5.41) is 1.14. The fraction of sp³-hybridized carbons (Fsp3) is 0.217. The normalized spacial score (nSPS) is 11.1. The highest BCUT2D eigenvalue weighted by atomic mass is 35.5. The summed E-state index contributed by atoms with van der Waals surface area (Å²) in [5.74, 6) is 0.347. The van der Waals surface area contributed by atoms with Gasteiger partial charge in [0.2, 0.25) is 0 Å². The number of esters is 1. The number of ether oxygens (including phenoxy) is 3. The van der Waals surface area contributed by atoms with E-state index in [1.54, 1.807) is 18.2 Å². The fourth-order valence-corrected chi connectivity index (χ4v) is 3.07. The van der Waals surface area contributed by atoms with Crippen molar-refractivity contribution in [3.05, 3.63) is 74.6 Å². The predicted octanol–water partition coefficient (Wildman–Crippen LogP) is 4.92. The molecular weight excluding hydrogens is 408 g/mol. The van der Waals surface area contributed by atoms with Crippen LogP contribution in [0.4, 0.5) is 0 Å². The minimum absolute atomic E-state index is 0.110. The largest absolute Gasteiger partial charge is 0.493 e. The van der Waals surface area contributed by atoms with Crippen LogP contribution in [-0.2, 0) is 16.1 Å². The number of benzene rings is 2. The Balaban J connectivity index is 1.68. The molecule has 0 aliphatic rings. The summed E-state index contributed by atoms with van der Waals surface area (Å²) in [5.41, 5.74) is 2.09. The Labute approximate surface area is 178 Å². The molecular formula is C23H21ClO6. The van der Waals surface area contributed by atoms with Crippen molar-refractivity contribution < 1.29 is 23.4 Å². The van der Waals surface area contributed by atoms with Gasteiger partial charge in [-0.1, -0.05) is 29.8 Å². The predicted molar refractivity (Wildman–Crippen MR) is 115 cm³/mol. The summed E-state index contributed by atoms with van der Waals surface area (Å²) >= 11 is 6.18. The summed E-state index contributed by atoms with van der Waals surface area (Å²) < 4.78 is 21.3. The van der Waals surface area contributed by atoms with Crippen molar-refractivity contribution in [1.29, 1.82) is 0 Å². The standard InChI is InChI=1S/C23H21ClO6/c1-4-5-15-6-7-19(21(9-15)27-3)28-13-23(26)29-12-16-10-22(25)30-20-8-14(2)18(24)11-17(16)20/h4-11H,12-13H2,1-3H3/b5-4+. The van der Waals surface area contributed by atoms with Crippen LogP contribution in [0.1, 0.15) is 23.6 Å². The first kappa shape index (κ1) is 21.5. The SMILES string of the molecule is C/C=C/c1ccc(OCC(=O)OCc2cc(=O)oc3cc(C)c(Cl)cc23)c(OC)c1. The molecule has 2 aromatic carbocycles. The van der Waals surface area contributed by atoms with Crippen molar-refractivity contribution in [3.63, 3.8) is 0 Å². The first-order valence-corrected chi connectivity index (χ1v) is 9.61. The quantitative estimate of drug-likeness (QED) is 0.393. The van der Waals surface area contributed by atoms with Crippen LogP contribution in [0.15, 0.2) is 51.7 Å². The minimum atomic E-state index is -0.589. The zero-order valence-electron chi connectivity index (χ0n) is 16.9. The van der Waals surface area contributed by atoms with Gasteiger partial charge in [0.25, 0.3) is 0 Å². The Hall–Kier alpha value is -3.25. The lowest BCUT2D eigenvalue weighted by Crippen LogP contribution is -2.15. The first-order chi connectivity index (χ1) is 14.4. The zero-order valence-corrected chi connectivity index (χ0v) is 17.6. The molecule has 0 fully saturated rings. The Bertz CT molecular complexity index is 1160. The lowest BCUT2D eigenvalue weighted by molar-refractivity contribution is -0.147. The van der Waals surface area contributed by atoms with Gasteiger partial charge in [-0.2, -0.15) is 0 Å². The maximum absolute atomic E-state index is 12.2. The van der Waals surface area contributed by atoms with Gasteiger partial charge in [-0.05, 0) is 49.2 Å². The van der Waals surface area contributed by atoms with E-state index in [9.17, 15) is 9.59 Å². The smallest absolute Gasteiger partial charge is 0.344 e. The summed E-state index contributed by atoms with van der Waals surface area (Å²) in [7, 11) is 1.53. The monoisotopic (exact) mass is 428 g/mol. The maximum atomic E-state index is 12.2. The third-order valence-corrected chi connectivity index (χ3v) is 4.80. The zero-order chi connectivity index (χ0) is 21.7. The molecule has 0 radical (unpaired) electrons. The van der Waals surface area contributed by atoms with Gasteiger partial charge in [-0.3, -0.25) is 0 Å². The summed E-state index contributed by atoms with van der Waals surface area (Å²) in [6.07, 6.45) is 3.84. The van der Waals surface area contributed by atoms with Crippen LogP contribution >= 0.6 is 11.6 Å². The molecule has 1 heterocycles. The maximum Gasteiger partial charge on any atom is 0.344 e. The van der Waals surface area contributed by atoms with E-state index < -0.39 is 11.6 Å². The van der Waals surface area contributed by atoms with Crippen molar-refractivity contribution >= 4 is 34.6 Å². The molecule has 7 heteroatoms. The van der Waals surface area contributed by atoms with Crippen LogP contribution in [0.25, 0.3) is 17.0 Å². The van der Waals surface area contributed by atoms with Gasteiger partial charge in [-0.25, -0.2) is 9.59 Å². The van der Waals surface area contributed by atoms with E-state index in [-0.39, 0.29) is 13.2 Å². The van der Waals surface area contributed by atoms with Crippen molar-refractivity contribution in [1.82, 2.24) is 0 Å². The van der Waals surface area contributed by atoms with Gasteiger partial charge in [0.15, 0.2) is 18.1 Å². The number of hydrogen-bond donors (Lipinski definition) is 0. The van der Waals surface area contributed by atoms with Crippen LogP contribution in [0.2, 0.25) is 5.02 Å². The van der Waals surface area contributed by atoms with E-state index in [2.05, 4.69) is 0 Å². The van der Waals surface area contributed by atoms with Gasteiger partial charge in [-0.15, -0.1) is 0 Å². The van der Waals surface area contributed by atoms with Crippen LogP contribution in [0.5, 0.6) is 11.5 Å². The van der Waals surface area contributed by atoms with Crippen molar-refractivity contribution in [2.24, 2.45) is 0 Å². The van der Waals surface area contributed by atoms with E-state index >= 15 is 0 Å². The summed E-state index contributed by atoms with van der Waals surface area (Å²) in [6, 6.07) is 10.0. The number of carbonyl (C=O) groups excluding carboxylic acids is 1. The molecule has 0 amide bonds. The third kappa shape index (κ3) is 5.02. The average Bonchev–Trinajstić information content (AvgIpc) is 2.72. The van der Waals surface area contributed by atoms with Gasteiger partial charge >= 0.3 is 11.6 Å². The Kier molecular flexibility index (Phi) is 6.79. The molecule has 0 aliphatic heterocycles. The third-order valence-electron chi connectivity index (χ3n) is 4.39. The van der Waals surface area contributed by atoms with Crippen molar-refractivity contribution in [3.8, 4) is 11.5 Å². The number of methoxy groups -OCH3 is 1. The van der Waals surface area contributed by atoms with E-state index in [1.807, 2.05) is 38.1 Å². The minimum Gasteiger partial charge on any atom is -0.493 e. The van der Waals surface area contributed by atoms with Gasteiger partial charge in [0.1, 0.15) is 12.2 Å². The summed E-state index contributed by atoms with van der Waals surface area (Å²) in [6.45, 7) is 3.31. The fourth-order valence-electron chi connectivity index (χ4n) is 2.90. The molecule has 0 saturated heterocycles. The molecule has 0 aliphatic carbocycles. The van der Waals surface area contributed by atoms with E-state index in [0.717, 1.165) is 11.1 Å². The number of hydrogen-bond acceptors (Lipinski definition) is 6. The molecule has 156 valence electrons. The Morgan fingerprint density at radius 3 is 2.70 bits per heavy atom. The van der Waals surface area contributed by atoms with Gasteiger partial charge in [0.05, 0.1) is 7.11 Å². The lowest BCUT2D eigenvalue weighted by Gasteiger charge is -2.12. The second-order valence-electron chi connectivity index (χ2n) is 6.55. The van der Waals surface area contributed by atoms with Crippen LogP contribution in [0, 0.1) is 6.92 Å². The highest BCUT2D eigenvalue weighted by molar-refractivity contribution is 6.32. The average molecular weight is 429 g/mol. The highest BCUT2D eigenvalue weighted by Crippen LogP contribution is 2.29. The molecule has 0 unspecified atom stereocenters. The number of aryl methyl sites for hydroxylation is 1. The lowest BCUT2D eigenvalue weighted by atomic mass is 10.1. The molecule has 0 saturated carbocycles. The summed E-state index contributed by atoms with van der Waals surface area (Å²) in [4.78, 5) is 24.0. The van der Waals surface area contributed by atoms with Crippen LogP contribution < -0.4 is 15.1 Å². The molecule has 0 atom stereocenters. The highest BCUT2D eigenvalue weighted by Gasteiger charge is 2.13. The second-order valence-corrected chi connectivity index (χ2v) is 6.96. The van der Waals surface area contributed by atoms with Crippen molar-refractivity contribution in [2.75, 3.05) is 13.7 Å². The van der Waals surface area contributed by atoms with Crippen LogP contribution in [0.3, 0.4) is 0 Å². The van der Waals surface area contributed by atoms with E-state index in [0.29, 0.717) is 33.1 Å². The molecule has 1 aromatic heterocycles. The Morgan fingerprint density at radius 1 is 1.17 bits per heavy atom. The molecule has 30 heavy (non-hydrogen) atoms. The number of halogens is 1. The molecule has 3 rings (SSSR count). The van der Waals surface area contributed by atoms with Crippen molar-refractivity contribution in [2.45, 2.75) is 20.5 Å². The number of fused-ring (bicyclic) bond motifs is 1. The molecule has 0 N–H and O–H groups in total. The Morgan fingerprint density at radius 2 is 1.97 bits per heavy atom. The van der Waals surface area contributed by atoms with Crippen LogP contribution in [-0.4, -0.2) is 19.7 Å². The first-order valence-electron chi connectivity index (χ1n) is 9.23. The topological polar surface area (TPSA) is 75.0 Å². The molecule has 3 aromatic rings. The second kappa shape index (κ2) is 9.50.